The van der Waals surface area contributed by atoms with E-state index in [1.807, 2.05) is 36.4 Å². The van der Waals surface area contributed by atoms with Gasteiger partial charge in [-0.05, 0) is 54.2 Å². The highest BCUT2D eigenvalue weighted by Crippen LogP contribution is 2.30. The van der Waals surface area contributed by atoms with Crippen molar-refractivity contribution in [2.24, 2.45) is 5.92 Å². The Labute approximate surface area is 123 Å². The molecule has 2 aromatic rings. The average Bonchev–Trinajstić information content (AvgIpc) is 2.89. The third kappa shape index (κ3) is 3.11. The maximum absolute atomic E-state index is 12.0. The molecule has 0 saturated heterocycles. The topological polar surface area (TPSA) is 50.1 Å². The second-order valence-electron chi connectivity index (χ2n) is 5.36. The van der Waals surface area contributed by atoms with Gasteiger partial charge >= 0.3 is 5.97 Å². The van der Waals surface area contributed by atoms with Gasteiger partial charge in [0.05, 0.1) is 11.6 Å². The average molecular weight is 277 g/mol. The molecule has 0 amide bonds. The normalized spacial score (nSPS) is 16.0. The SMILES string of the molecule is N#Cc1ccc2c(c1)CC(CC(=O)Oc1ccccc1)C2. The summed E-state index contributed by atoms with van der Waals surface area (Å²) < 4.78 is 5.33. The van der Waals surface area contributed by atoms with Crippen molar-refractivity contribution < 1.29 is 9.53 Å². The maximum atomic E-state index is 12.0. The summed E-state index contributed by atoms with van der Waals surface area (Å²) in [5.41, 5.74) is 3.11. The van der Waals surface area contributed by atoms with Crippen molar-refractivity contribution in [3.63, 3.8) is 0 Å². The molecule has 0 fully saturated rings. The third-order valence-electron chi connectivity index (χ3n) is 3.78. The lowest BCUT2D eigenvalue weighted by Crippen LogP contribution is -2.14. The smallest absolute Gasteiger partial charge is 0.311 e. The Bertz CT molecular complexity index is 701. The lowest BCUT2D eigenvalue weighted by atomic mass is 10.0. The largest absolute Gasteiger partial charge is 0.427 e. The molecule has 0 aliphatic heterocycles. The number of nitriles is 1. The van der Waals surface area contributed by atoms with Crippen LogP contribution in [0.15, 0.2) is 48.5 Å². The van der Waals surface area contributed by atoms with Crippen LogP contribution >= 0.6 is 0 Å². The summed E-state index contributed by atoms with van der Waals surface area (Å²) in [7, 11) is 0. The van der Waals surface area contributed by atoms with Gasteiger partial charge in [0.1, 0.15) is 5.75 Å². The van der Waals surface area contributed by atoms with Crippen LogP contribution in [0.4, 0.5) is 0 Å². The number of carbonyl (C=O) groups is 1. The molecule has 3 rings (SSSR count). The molecule has 0 heterocycles. The number of nitrogens with zero attached hydrogens (tertiary/aromatic N) is 1. The van der Waals surface area contributed by atoms with E-state index in [0.29, 0.717) is 17.7 Å². The molecular weight excluding hydrogens is 262 g/mol. The first kappa shape index (κ1) is 13.4. The monoisotopic (exact) mass is 277 g/mol. The molecule has 1 aliphatic carbocycles. The van der Waals surface area contributed by atoms with Crippen molar-refractivity contribution >= 4 is 5.97 Å². The Morgan fingerprint density at radius 3 is 2.67 bits per heavy atom. The standard InChI is InChI=1S/C18H15NO2/c19-12-13-6-7-15-9-14(10-16(15)8-13)11-18(20)21-17-4-2-1-3-5-17/h1-8,14H,9-11H2. The molecule has 0 radical (unpaired) electrons. The van der Waals surface area contributed by atoms with Crippen LogP contribution in [-0.4, -0.2) is 5.97 Å². The predicted molar refractivity (Wildman–Crippen MR) is 78.7 cm³/mol. The van der Waals surface area contributed by atoms with E-state index < -0.39 is 0 Å². The van der Waals surface area contributed by atoms with Crippen LogP contribution in [0, 0.1) is 17.2 Å². The molecule has 1 unspecified atom stereocenters. The van der Waals surface area contributed by atoms with Gasteiger partial charge < -0.3 is 4.74 Å². The summed E-state index contributed by atoms with van der Waals surface area (Å²) in [5.74, 6) is 0.662. The first-order chi connectivity index (χ1) is 10.2. The molecule has 0 saturated carbocycles. The fraction of sp³-hybridized carbons (Fsp3) is 0.222. The number of para-hydroxylation sites is 1. The number of rotatable bonds is 3. The van der Waals surface area contributed by atoms with E-state index in [0.717, 1.165) is 12.8 Å². The number of fused-ring (bicyclic) bond motifs is 1. The molecular formula is C18H15NO2. The number of esters is 1. The Kier molecular flexibility index (Phi) is 3.70. The molecule has 3 nitrogen and oxygen atoms in total. The highest BCUT2D eigenvalue weighted by Gasteiger charge is 2.24. The first-order valence-electron chi connectivity index (χ1n) is 7.02. The van der Waals surface area contributed by atoms with Gasteiger partial charge in [0.25, 0.3) is 0 Å². The Hall–Kier alpha value is -2.60. The molecule has 0 aromatic heterocycles. The number of ether oxygens (including phenoxy) is 1. The zero-order valence-corrected chi connectivity index (χ0v) is 11.6. The van der Waals surface area contributed by atoms with E-state index in [1.165, 1.54) is 11.1 Å². The van der Waals surface area contributed by atoms with Crippen molar-refractivity contribution in [2.45, 2.75) is 19.3 Å². The van der Waals surface area contributed by atoms with Gasteiger partial charge in [-0.2, -0.15) is 5.26 Å². The molecule has 1 atom stereocenters. The van der Waals surface area contributed by atoms with Crippen molar-refractivity contribution in [3.8, 4) is 11.8 Å². The maximum Gasteiger partial charge on any atom is 0.311 e. The van der Waals surface area contributed by atoms with Gasteiger partial charge in [-0.3, -0.25) is 4.79 Å². The van der Waals surface area contributed by atoms with Crippen molar-refractivity contribution in [2.75, 3.05) is 0 Å². The summed E-state index contributed by atoms with van der Waals surface area (Å²) in [6.45, 7) is 0. The predicted octanol–water partition coefficient (Wildman–Crippen LogP) is 3.27. The van der Waals surface area contributed by atoms with E-state index >= 15 is 0 Å². The molecule has 0 bridgehead atoms. The van der Waals surface area contributed by atoms with Crippen LogP contribution in [0.3, 0.4) is 0 Å². The molecule has 104 valence electrons. The van der Waals surface area contributed by atoms with Crippen LogP contribution in [0.25, 0.3) is 0 Å². The zero-order chi connectivity index (χ0) is 14.7. The highest BCUT2D eigenvalue weighted by molar-refractivity contribution is 5.72. The minimum absolute atomic E-state index is 0.195. The number of carbonyl (C=O) groups excluding carboxylic acids is 1. The molecule has 3 heteroatoms. The lowest BCUT2D eigenvalue weighted by molar-refractivity contribution is -0.135. The number of hydrogen-bond acceptors (Lipinski definition) is 3. The summed E-state index contributed by atoms with van der Waals surface area (Å²) in [4.78, 5) is 12.0. The van der Waals surface area contributed by atoms with Crippen LogP contribution in [0.2, 0.25) is 0 Å². The second-order valence-corrected chi connectivity index (χ2v) is 5.36. The van der Waals surface area contributed by atoms with Crippen LogP contribution in [0.5, 0.6) is 5.75 Å². The van der Waals surface area contributed by atoms with Crippen molar-refractivity contribution in [1.82, 2.24) is 0 Å². The number of benzene rings is 2. The fourth-order valence-electron chi connectivity index (χ4n) is 2.82. The molecule has 0 N–H and O–H groups in total. The highest BCUT2D eigenvalue weighted by atomic mass is 16.5. The van der Waals surface area contributed by atoms with E-state index in [-0.39, 0.29) is 11.9 Å². The zero-order valence-electron chi connectivity index (χ0n) is 11.6. The summed E-state index contributed by atoms with van der Waals surface area (Å²) in [6, 6.07) is 17.0. The molecule has 2 aromatic carbocycles. The minimum Gasteiger partial charge on any atom is -0.427 e. The summed E-state index contributed by atoms with van der Waals surface area (Å²) in [5, 5.41) is 8.92. The van der Waals surface area contributed by atoms with E-state index in [4.69, 9.17) is 10.00 Å². The fourth-order valence-corrected chi connectivity index (χ4v) is 2.82. The molecule has 1 aliphatic rings. The van der Waals surface area contributed by atoms with E-state index in [9.17, 15) is 4.79 Å². The Morgan fingerprint density at radius 1 is 1.14 bits per heavy atom. The van der Waals surface area contributed by atoms with Crippen LogP contribution < -0.4 is 4.74 Å². The van der Waals surface area contributed by atoms with Gasteiger partial charge in [-0.25, -0.2) is 0 Å². The van der Waals surface area contributed by atoms with E-state index in [1.54, 1.807) is 12.1 Å². The molecule has 0 spiro atoms. The van der Waals surface area contributed by atoms with Gasteiger partial charge in [-0.1, -0.05) is 24.3 Å². The Morgan fingerprint density at radius 2 is 1.90 bits per heavy atom. The lowest BCUT2D eigenvalue weighted by Gasteiger charge is -2.08. The van der Waals surface area contributed by atoms with Crippen LogP contribution in [0.1, 0.15) is 23.1 Å². The minimum atomic E-state index is -0.195. The summed E-state index contributed by atoms with van der Waals surface area (Å²) in [6.07, 6.45) is 2.13. The van der Waals surface area contributed by atoms with Gasteiger partial charge in [-0.15, -0.1) is 0 Å². The van der Waals surface area contributed by atoms with Gasteiger partial charge in [0.2, 0.25) is 0 Å². The third-order valence-corrected chi connectivity index (χ3v) is 3.78. The first-order valence-corrected chi connectivity index (χ1v) is 7.02. The van der Waals surface area contributed by atoms with Gasteiger partial charge in [0.15, 0.2) is 0 Å². The Balaban J connectivity index is 1.61. The molecule has 21 heavy (non-hydrogen) atoms. The second kappa shape index (κ2) is 5.80. The van der Waals surface area contributed by atoms with E-state index in [2.05, 4.69) is 6.07 Å². The van der Waals surface area contributed by atoms with Gasteiger partial charge in [0, 0.05) is 6.42 Å². The number of hydrogen-bond donors (Lipinski definition) is 0. The summed E-state index contributed by atoms with van der Waals surface area (Å²) >= 11 is 0. The van der Waals surface area contributed by atoms with Crippen molar-refractivity contribution in [3.05, 3.63) is 65.2 Å². The van der Waals surface area contributed by atoms with Crippen LogP contribution in [-0.2, 0) is 17.6 Å². The quantitative estimate of drug-likeness (QED) is 0.639. The van der Waals surface area contributed by atoms with Crippen molar-refractivity contribution in [1.29, 1.82) is 5.26 Å².